The van der Waals surface area contributed by atoms with Crippen LogP contribution in [0.25, 0.3) is 6.08 Å². The molecule has 1 aliphatic heterocycles. The number of rotatable bonds is 6. The van der Waals surface area contributed by atoms with E-state index in [0.29, 0.717) is 18.8 Å². The van der Waals surface area contributed by atoms with Crippen molar-refractivity contribution in [2.45, 2.75) is 19.2 Å². The van der Waals surface area contributed by atoms with Crippen molar-refractivity contribution in [3.8, 4) is 0 Å². The topological polar surface area (TPSA) is 75.4 Å². The SMILES string of the molecule is CS(=O)(=O)CC(O)c1cc2n(n1)CCN(CC=Cc1ccc(F)cc1)C2. The monoisotopic (exact) mass is 379 g/mol. The average Bonchev–Trinajstić information content (AvgIpc) is 2.99. The van der Waals surface area contributed by atoms with Gasteiger partial charge in [0.1, 0.15) is 21.8 Å². The second-order valence-corrected chi connectivity index (χ2v) is 8.77. The van der Waals surface area contributed by atoms with Crippen molar-refractivity contribution in [2.24, 2.45) is 0 Å². The van der Waals surface area contributed by atoms with Crippen LogP contribution in [0, 0.1) is 5.82 Å². The lowest BCUT2D eigenvalue weighted by Gasteiger charge is -2.26. The minimum absolute atomic E-state index is 0.250. The van der Waals surface area contributed by atoms with E-state index in [1.165, 1.54) is 12.1 Å². The smallest absolute Gasteiger partial charge is 0.150 e. The fourth-order valence-electron chi connectivity index (χ4n) is 2.95. The van der Waals surface area contributed by atoms with Gasteiger partial charge in [-0.25, -0.2) is 12.8 Å². The third-order valence-corrected chi connectivity index (χ3v) is 5.16. The molecule has 1 aromatic carbocycles. The zero-order valence-electron chi connectivity index (χ0n) is 14.5. The van der Waals surface area contributed by atoms with Crippen molar-refractivity contribution in [3.63, 3.8) is 0 Å². The third kappa shape index (κ3) is 5.00. The molecule has 0 bridgehead atoms. The molecule has 2 aromatic rings. The van der Waals surface area contributed by atoms with E-state index < -0.39 is 15.9 Å². The van der Waals surface area contributed by atoms with Crippen LogP contribution in [0.2, 0.25) is 0 Å². The Morgan fingerprint density at radius 1 is 1.31 bits per heavy atom. The summed E-state index contributed by atoms with van der Waals surface area (Å²) >= 11 is 0. The lowest BCUT2D eigenvalue weighted by atomic mass is 10.2. The molecule has 1 aromatic heterocycles. The second-order valence-electron chi connectivity index (χ2n) is 6.58. The highest BCUT2D eigenvalue weighted by Crippen LogP contribution is 2.19. The molecule has 0 amide bonds. The number of hydrogen-bond donors (Lipinski definition) is 1. The van der Waals surface area contributed by atoms with E-state index in [2.05, 4.69) is 10.00 Å². The first-order valence-electron chi connectivity index (χ1n) is 8.37. The van der Waals surface area contributed by atoms with Crippen molar-refractivity contribution in [1.29, 1.82) is 0 Å². The van der Waals surface area contributed by atoms with Crippen LogP contribution >= 0.6 is 0 Å². The van der Waals surface area contributed by atoms with Gasteiger partial charge in [0.25, 0.3) is 0 Å². The molecule has 26 heavy (non-hydrogen) atoms. The summed E-state index contributed by atoms with van der Waals surface area (Å²) in [5.41, 5.74) is 2.29. The summed E-state index contributed by atoms with van der Waals surface area (Å²) in [6, 6.07) is 8.09. The van der Waals surface area contributed by atoms with Crippen molar-refractivity contribution in [2.75, 3.05) is 25.1 Å². The molecule has 1 unspecified atom stereocenters. The molecule has 0 saturated heterocycles. The molecule has 0 radical (unpaired) electrons. The van der Waals surface area contributed by atoms with Crippen molar-refractivity contribution in [3.05, 3.63) is 59.2 Å². The van der Waals surface area contributed by atoms with E-state index in [1.807, 2.05) is 16.8 Å². The lowest BCUT2D eigenvalue weighted by Crippen LogP contribution is -2.33. The van der Waals surface area contributed by atoms with E-state index in [4.69, 9.17) is 0 Å². The Morgan fingerprint density at radius 2 is 2.04 bits per heavy atom. The van der Waals surface area contributed by atoms with Crippen molar-refractivity contribution < 1.29 is 17.9 Å². The molecule has 1 aliphatic rings. The van der Waals surface area contributed by atoms with Crippen LogP contribution in [0.3, 0.4) is 0 Å². The second kappa shape index (κ2) is 7.69. The van der Waals surface area contributed by atoms with Gasteiger partial charge in [0.2, 0.25) is 0 Å². The predicted octanol–water partition coefficient (Wildman–Crippen LogP) is 1.63. The Hall–Kier alpha value is -2.03. The molecule has 1 atom stereocenters. The summed E-state index contributed by atoms with van der Waals surface area (Å²) in [6.07, 6.45) is 3.97. The molecular formula is C18H22FN3O3S. The van der Waals surface area contributed by atoms with Crippen LogP contribution in [0.4, 0.5) is 4.39 Å². The van der Waals surface area contributed by atoms with Crippen LogP contribution < -0.4 is 0 Å². The van der Waals surface area contributed by atoms with Gasteiger partial charge in [-0.15, -0.1) is 0 Å². The number of halogens is 1. The molecular weight excluding hydrogens is 357 g/mol. The molecule has 2 heterocycles. The minimum atomic E-state index is -3.27. The fraction of sp³-hybridized carbons (Fsp3) is 0.389. The van der Waals surface area contributed by atoms with Gasteiger partial charge in [-0.2, -0.15) is 5.10 Å². The highest BCUT2D eigenvalue weighted by atomic mass is 32.2. The summed E-state index contributed by atoms with van der Waals surface area (Å²) in [5, 5.41) is 14.4. The minimum Gasteiger partial charge on any atom is -0.386 e. The molecule has 3 rings (SSSR count). The molecule has 6 nitrogen and oxygen atoms in total. The van der Waals surface area contributed by atoms with Gasteiger partial charge in [-0.05, 0) is 23.8 Å². The van der Waals surface area contributed by atoms with Gasteiger partial charge in [0.05, 0.1) is 23.7 Å². The van der Waals surface area contributed by atoms with E-state index in [-0.39, 0.29) is 11.6 Å². The van der Waals surface area contributed by atoms with E-state index in [1.54, 1.807) is 18.2 Å². The zero-order chi connectivity index (χ0) is 18.7. The molecule has 1 N–H and O–H groups in total. The maximum Gasteiger partial charge on any atom is 0.150 e. The first-order chi connectivity index (χ1) is 12.3. The molecule has 0 aliphatic carbocycles. The van der Waals surface area contributed by atoms with Crippen LogP contribution in [0.1, 0.15) is 23.1 Å². The molecule has 0 spiro atoms. The largest absolute Gasteiger partial charge is 0.386 e. The number of sulfone groups is 1. The number of aliphatic hydroxyl groups is 1. The Kier molecular flexibility index (Phi) is 5.55. The number of hydrogen-bond acceptors (Lipinski definition) is 5. The summed E-state index contributed by atoms with van der Waals surface area (Å²) in [4.78, 5) is 2.23. The maximum atomic E-state index is 12.9. The van der Waals surface area contributed by atoms with E-state index >= 15 is 0 Å². The van der Waals surface area contributed by atoms with E-state index in [9.17, 15) is 17.9 Å². The lowest BCUT2D eigenvalue weighted by molar-refractivity contribution is 0.194. The maximum absolute atomic E-state index is 12.9. The van der Waals surface area contributed by atoms with Crippen LogP contribution in [-0.4, -0.2) is 53.3 Å². The first-order valence-corrected chi connectivity index (χ1v) is 10.4. The highest BCUT2D eigenvalue weighted by Gasteiger charge is 2.22. The Morgan fingerprint density at radius 3 is 2.73 bits per heavy atom. The first kappa shape index (κ1) is 18.8. The van der Waals surface area contributed by atoms with Crippen molar-refractivity contribution >= 4 is 15.9 Å². The standard InChI is InChI=1S/C18H22FN3O3S/c1-26(24,25)13-18(23)17-11-16-12-21(9-10-22(16)20-17)8-2-3-14-4-6-15(19)7-5-14/h2-7,11,18,23H,8-10,12-13H2,1H3. The molecule has 0 fully saturated rings. The molecule has 140 valence electrons. The highest BCUT2D eigenvalue weighted by molar-refractivity contribution is 7.90. The fourth-order valence-corrected chi connectivity index (χ4v) is 3.69. The third-order valence-electron chi connectivity index (χ3n) is 4.24. The summed E-state index contributed by atoms with van der Waals surface area (Å²) in [6.45, 7) is 2.91. The average molecular weight is 379 g/mol. The quantitative estimate of drug-likeness (QED) is 0.826. The summed E-state index contributed by atoms with van der Waals surface area (Å²) < 4.78 is 37.4. The molecule has 0 saturated carbocycles. The number of aromatic nitrogens is 2. The van der Waals surface area contributed by atoms with Crippen LogP contribution in [0.5, 0.6) is 0 Å². The Balaban J connectivity index is 1.60. The Labute approximate surface area is 152 Å². The number of aliphatic hydroxyl groups excluding tert-OH is 1. The number of nitrogens with zero attached hydrogens (tertiary/aromatic N) is 3. The van der Waals surface area contributed by atoms with Gasteiger partial charge in [-0.1, -0.05) is 24.3 Å². The van der Waals surface area contributed by atoms with Gasteiger partial charge in [-0.3, -0.25) is 9.58 Å². The normalized spacial score (nSPS) is 16.7. The summed E-state index contributed by atoms with van der Waals surface area (Å²) in [5.74, 6) is -0.576. The Bertz CT molecular complexity index is 891. The predicted molar refractivity (Wildman–Crippen MR) is 97.6 cm³/mol. The van der Waals surface area contributed by atoms with Gasteiger partial charge in [0, 0.05) is 25.9 Å². The van der Waals surface area contributed by atoms with Gasteiger partial charge < -0.3 is 5.11 Å². The number of benzene rings is 1. The van der Waals surface area contributed by atoms with Gasteiger partial charge in [0.15, 0.2) is 0 Å². The van der Waals surface area contributed by atoms with Gasteiger partial charge >= 0.3 is 0 Å². The molecule has 8 heteroatoms. The van der Waals surface area contributed by atoms with Crippen molar-refractivity contribution in [1.82, 2.24) is 14.7 Å². The van der Waals surface area contributed by atoms with Crippen LogP contribution in [0.15, 0.2) is 36.4 Å². The van der Waals surface area contributed by atoms with Crippen LogP contribution in [-0.2, 0) is 22.9 Å². The summed E-state index contributed by atoms with van der Waals surface area (Å²) in [7, 11) is -3.27. The zero-order valence-corrected chi connectivity index (χ0v) is 15.4. The van der Waals surface area contributed by atoms with E-state index in [0.717, 1.165) is 30.6 Å². The number of fused-ring (bicyclic) bond motifs is 1.